The highest BCUT2D eigenvalue weighted by Crippen LogP contribution is 2.56. The fourth-order valence-electron chi connectivity index (χ4n) is 5.76. The molecule has 5 heteroatoms. The number of hydrogen-bond donors (Lipinski definition) is 4. The van der Waals surface area contributed by atoms with Crippen LogP contribution in [0.5, 0.6) is 0 Å². The first-order chi connectivity index (χ1) is 11.1. The van der Waals surface area contributed by atoms with Gasteiger partial charge < -0.3 is 21.1 Å². The third-order valence-corrected chi connectivity index (χ3v) is 6.44. The van der Waals surface area contributed by atoms with Crippen LogP contribution in [0.4, 0.5) is 5.69 Å². The van der Waals surface area contributed by atoms with E-state index in [2.05, 4.69) is 21.4 Å². The summed E-state index contributed by atoms with van der Waals surface area (Å²) < 4.78 is 0. The number of aliphatic hydroxyl groups is 1. The summed E-state index contributed by atoms with van der Waals surface area (Å²) in [6.07, 6.45) is 9.27. The molecule has 2 aromatic rings. The van der Waals surface area contributed by atoms with Crippen molar-refractivity contribution in [3.8, 4) is 0 Å². The fraction of sp³-hybridized carbons (Fsp3) is 0.611. The molecule has 4 fully saturated rings. The standard InChI is InChI=1S/C18H24N4O/c19-8-13-9-21-17-14(1-2-20-17)16(13)22-15-11-3-10-4-12(15)7-18(23,5-10)6-11/h1-2,9-12,15,23H,3-8,19H2,(H2,20,21,22). The molecular formula is C18H24N4O. The number of anilines is 1. The lowest BCUT2D eigenvalue weighted by Crippen LogP contribution is -2.59. The van der Waals surface area contributed by atoms with Crippen molar-refractivity contribution in [1.29, 1.82) is 0 Å². The van der Waals surface area contributed by atoms with Crippen LogP contribution in [-0.4, -0.2) is 26.7 Å². The van der Waals surface area contributed by atoms with Gasteiger partial charge in [-0.3, -0.25) is 0 Å². The predicted molar refractivity (Wildman–Crippen MR) is 89.9 cm³/mol. The zero-order chi connectivity index (χ0) is 15.6. The number of nitrogens with one attached hydrogen (secondary N) is 2. The van der Waals surface area contributed by atoms with Crippen molar-refractivity contribution in [3.63, 3.8) is 0 Å². The van der Waals surface area contributed by atoms with Gasteiger partial charge in [0.05, 0.1) is 11.3 Å². The van der Waals surface area contributed by atoms with Gasteiger partial charge in [-0.05, 0) is 55.9 Å². The molecule has 2 aromatic heterocycles. The Bertz CT molecular complexity index is 739. The first kappa shape index (κ1) is 13.8. The molecule has 23 heavy (non-hydrogen) atoms. The van der Waals surface area contributed by atoms with Crippen LogP contribution >= 0.6 is 0 Å². The van der Waals surface area contributed by atoms with E-state index >= 15 is 0 Å². The van der Waals surface area contributed by atoms with Gasteiger partial charge in [-0.15, -0.1) is 0 Å². The summed E-state index contributed by atoms with van der Waals surface area (Å²) in [5, 5.41) is 15.7. The van der Waals surface area contributed by atoms with Gasteiger partial charge in [0, 0.05) is 35.9 Å². The minimum absolute atomic E-state index is 0.382. The molecule has 2 unspecified atom stereocenters. The van der Waals surface area contributed by atoms with Gasteiger partial charge in [-0.1, -0.05) is 0 Å². The Morgan fingerprint density at radius 1 is 1.30 bits per heavy atom. The Balaban J connectivity index is 1.52. The van der Waals surface area contributed by atoms with Gasteiger partial charge in [-0.25, -0.2) is 4.98 Å². The van der Waals surface area contributed by atoms with Crippen LogP contribution in [0.25, 0.3) is 11.0 Å². The van der Waals surface area contributed by atoms with Gasteiger partial charge in [0.2, 0.25) is 0 Å². The van der Waals surface area contributed by atoms with Crippen LogP contribution in [-0.2, 0) is 6.54 Å². The Morgan fingerprint density at radius 2 is 2.09 bits per heavy atom. The van der Waals surface area contributed by atoms with Crippen LogP contribution in [0.1, 0.15) is 37.7 Å². The Morgan fingerprint density at radius 3 is 2.78 bits per heavy atom. The summed E-state index contributed by atoms with van der Waals surface area (Å²) in [7, 11) is 0. The molecule has 2 heterocycles. The topological polar surface area (TPSA) is 87.0 Å². The quantitative estimate of drug-likeness (QED) is 0.701. The van der Waals surface area contributed by atoms with Crippen LogP contribution in [0, 0.1) is 17.8 Å². The molecule has 0 spiro atoms. The fourth-order valence-corrected chi connectivity index (χ4v) is 5.76. The molecule has 6 rings (SSSR count). The van der Waals surface area contributed by atoms with Gasteiger partial charge in [-0.2, -0.15) is 0 Å². The molecule has 5 N–H and O–H groups in total. The molecule has 4 aliphatic carbocycles. The molecule has 0 saturated heterocycles. The summed E-state index contributed by atoms with van der Waals surface area (Å²) >= 11 is 0. The van der Waals surface area contributed by atoms with Crippen LogP contribution in [0.15, 0.2) is 18.5 Å². The lowest BCUT2D eigenvalue weighted by molar-refractivity contribution is -0.129. The maximum Gasteiger partial charge on any atom is 0.139 e. The average molecular weight is 312 g/mol. The van der Waals surface area contributed by atoms with Crippen molar-refractivity contribution in [2.75, 3.05) is 5.32 Å². The van der Waals surface area contributed by atoms with Crippen molar-refractivity contribution < 1.29 is 5.11 Å². The number of nitrogens with zero attached hydrogens (tertiary/aromatic N) is 1. The summed E-state index contributed by atoms with van der Waals surface area (Å²) in [5.74, 6) is 1.90. The van der Waals surface area contributed by atoms with Crippen LogP contribution < -0.4 is 11.1 Å². The zero-order valence-electron chi connectivity index (χ0n) is 13.3. The monoisotopic (exact) mass is 312 g/mol. The summed E-state index contributed by atoms with van der Waals surface area (Å²) in [5.41, 5.74) is 8.69. The van der Waals surface area contributed by atoms with Gasteiger partial charge in [0.25, 0.3) is 0 Å². The first-order valence-corrected chi connectivity index (χ1v) is 8.79. The minimum atomic E-state index is -0.382. The van der Waals surface area contributed by atoms with E-state index in [4.69, 9.17) is 5.73 Å². The number of nitrogens with two attached hydrogens (primary N) is 1. The SMILES string of the molecule is NCc1cnc2[nH]ccc2c1NC1C2CC3CC1CC(O)(C3)C2. The summed E-state index contributed by atoms with van der Waals surface area (Å²) in [6, 6.07) is 2.53. The third kappa shape index (κ3) is 2.03. The minimum Gasteiger partial charge on any atom is -0.390 e. The smallest absolute Gasteiger partial charge is 0.139 e. The molecule has 5 nitrogen and oxygen atoms in total. The second kappa shape index (κ2) is 4.71. The molecule has 4 bridgehead atoms. The van der Waals surface area contributed by atoms with E-state index in [0.717, 1.165) is 47.5 Å². The Labute approximate surface area is 135 Å². The summed E-state index contributed by atoms with van der Waals surface area (Å²) in [4.78, 5) is 7.64. The van der Waals surface area contributed by atoms with Crippen molar-refractivity contribution in [2.24, 2.45) is 23.5 Å². The highest BCUT2D eigenvalue weighted by atomic mass is 16.3. The number of aromatic amines is 1. The lowest BCUT2D eigenvalue weighted by atomic mass is 9.52. The highest BCUT2D eigenvalue weighted by molar-refractivity contribution is 5.91. The number of aromatic nitrogens is 2. The van der Waals surface area contributed by atoms with Crippen molar-refractivity contribution in [3.05, 3.63) is 24.0 Å². The molecule has 122 valence electrons. The molecule has 4 saturated carbocycles. The van der Waals surface area contributed by atoms with Crippen molar-refractivity contribution in [2.45, 2.75) is 50.3 Å². The highest BCUT2D eigenvalue weighted by Gasteiger charge is 2.54. The van der Waals surface area contributed by atoms with Gasteiger partial charge in [0.1, 0.15) is 5.65 Å². The van der Waals surface area contributed by atoms with Crippen molar-refractivity contribution in [1.82, 2.24) is 9.97 Å². The molecule has 4 aliphatic rings. The average Bonchev–Trinajstić information content (AvgIpc) is 2.98. The largest absolute Gasteiger partial charge is 0.390 e. The number of fused-ring (bicyclic) bond motifs is 1. The molecule has 0 aromatic carbocycles. The van der Waals surface area contributed by atoms with E-state index < -0.39 is 0 Å². The molecule has 0 amide bonds. The van der Waals surface area contributed by atoms with Gasteiger partial charge in [0.15, 0.2) is 0 Å². The maximum absolute atomic E-state index is 10.8. The van der Waals surface area contributed by atoms with Crippen LogP contribution in [0.2, 0.25) is 0 Å². The second-order valence-corrected chi connectivity index (χ2v) is 7.97. The van der Waals surface area contributed by atoms with Gasteiger partial charge >= 0.3 is 0 Å². The lowest BCUT2D eigenvalue weighted by Gasteiger charge is -2.58. The first-order valence-electron chi connectivity index (χ1n) is 8.79. The van der Waals surface area contributed by atoms with Crippen molar-refractivity contribution >= 4 is 16.7 Å². The molecule has 0 radical (unpaired) electrons. The Hall–Kier alpha value is -1.59. The second-order valence-electron chi connectivity index (χ2n) is 7.97. The van der Waals surface area contributed by atoms with E-state index in [1.54, 1.807) is 0 Å². The van der Waals surface area contributed by atoms with E-state index in [1.165, 1.54) is 12.8 Å². The maximum atomic E-state index is 10.8. The molecule has 2 atom stereocenters. The normalized spacial score (nSPS) is 38.3. The zero-order valence-corrected chi connectivity index (χ0v) is 13.3. The van der Waals surface area contributed by atoms with E-state index in [-0.39, 0.29) is 5.60 Å². The van der Waals surface area contributed by atoms with Crippen LogP contribution in [0.3, 0.4) is 0 Å². The predicted octanol–water partition coefficient (Wildman–Crippen LogP) is 2.37. The number of pyridine rings is 1. The molecule has 0 aliphatic heterocycles. The molecular weight excluding hydrogens is 288 g/mol. The van der Waals surface area contributed by atoms with E-state index in [1.807, 2.05) is 12.4 Å². The van der Waals surface area contributed by atoms with E-state index in [0.29, 0.717) is 24.4 Å². The Kier molecular flexibility index (Phi) is 2.83. The third-order valence-electron chi connectivity index (χ3n) is 6.44. The van der Waals surface area contributed by atoms with E-state index in [9.17, 15) is 5.11 Å². The number of hydrogen-bond acceptors (Lipinski definition) is 4. The number of H-pyrrole nitrogens is 1. The number of rotatable bonds is 3. The summed E-state index contributed by atoms with van der Waals surface area (Å²) in [6.45, 7) is 0.491.